The molecule has 0 saturated carbocycles. The average Bonchev–Trinajstić information content (AvgIpc) is 2.11. The van der Waals surface area contributed by atoms with E-state index >= 15 is 0 Å². The number of alkyl halides is 3. The minimum atomic E-state index is -4.32. The van der Waals surface area contributed by atoms with Crippen molar-refractivity contribution in [3.63, 3.8) is 0 Å². The van der Waals surface area contributed by atoms with Crippen LogP contribution in [0.5, 0.6) is 0 Å². The summed E-state index contributed by atoms with van der Waals surface area (Å²) in [6, 6.07) is 0. The van der Waals surface area contributed by atoms with Gasteiger partial charge < -0.3 is 0 Å². The number of nitrogens with zero attached hydrogens (tertiary/aromatic N) is 2. The van der Waals surface area contributed by atoms with Gasteiger partial charge in [-0.05, 0) is 0 Å². The molecule has 0 aromatic heterocycles. The fourth-order valence-corrected chi connectivity index (χ4v) is 0.559. The van der Waals surface area contributed by atoms with Crippen molar-refractivity contribution in [2.45, 2.75) is 6.18 Å². The molecule has 5 heteroatoms. The Balaban J connectivity index is 2.78. The van der Waals surface area contributed by atoms with Crippen molar-refractivity contribution in [1.82, 2.24) is 4.90 Å². The molecule has 0 fully saturated rings. The van der Waals surface area contributed by atoms with Gasteiger partial charge in [0.25, 0.3) is 0 Å². The molecule has 0 unspecified atom stereocenters. The van der Waals surface area contributed by atoms with Crippen molar-refractivity contribution in [1.29, 1.82) is 0 Å². The molecule has 0 atom stereocenters. The number of rotatable bonds is 0. The minimum absolute atomic E-state index is 0.852. The zero-order valence-electron chi connectivity index (χ0n) is 5.18. The third-order valence-electron chi connectivity index (χ3n) is 0.995. The van der Waals surface area contributed by atoms with Gasteiger partial charge >= 0.3 is 6.18 Å². The summed E-state index contributed by atoms with van der Waals surface area (Å²) < 4.78 is 35.2. The minimum Gasteiger partial charge on any atom is -0.188 e. The third-order valence-corrected chi connectivity index (χ3v) is 0.995. The quantitative estimate of drug-likeness (QED) is 0.462. The van der Waals surface area contributed by atoms with Crippen molar-refractivity contribution in [2.24, 2.45) is 4.99 Å². The predicted molar refractivity (Wildman–Crippen MR) is 30.7 cm³/mol. The van der Waals surface area contributed by atoms with E-state index in [9.17, 15) is 13.2 Å². The molecule has 0 bridgehead atoms. The fraction of sp³-hybridized carbons (Fsp3) is 0.400. The monoisotopic (exact) mass is 150 g/mol. The van der Waals surface area contributed by atoms with Crippen LogP contribution in [-0.4, -0.2) is 19.6 Å². The first-order valence-electron chi connectivity index (χ1n) is 2.55. The molecule has 2 nitrogen and oxygen atoms in total. The van der Waals surface area contributed by atoms with Gasteiger partial charge in [-0.2, -0.15) is 18.2 Å². The molecule has 0 aromatic rings. The maximum atomic E-state index is 11.7. The molecule has 0 N–H and O–H groups in total. The summed E-state index contributed by atoms with van der Waals surface area (Å²) in [5.74, 6) is 0. The van der Waals surface area contributed by atoms with Crippen LogP contribution in [0.1, 0.15) is 0 Å². The highest BCUT2D eigenvalue weighted by Crippen LogP contribution is 2.27. The number of allylic oxidation sites excluding steroid dienone is 1. The second kappa shape index (κ2) is 2.09. The van der Waals surface area contributed by atoms with E-state index in [1.165, 1.54) is 11.9 Å². The second-order valence-electron chi connectivity index (χ2n) is 1.92. The molecule has 10 heavy (non-hydrogen) atoms. The average molecular weight is 150 g/mol. The molecule has 1 radical (unpaired) electrons. The fourth-order valence-electron chi connectivity index (χ4n) is 0.559. The summed E-state index contributed by atoms with van der Waals surface area (Å²) >= 11 is 0. The lowest BCUT2D eigenvalue weighted by Gasteiger charge is -1.98. The molecular weight excluding hydrogens is 145 g/mol. The van der Waals surface area contributed by atoms with E-state index in [4.69, 9.17) is 0 Å². The third kappa shape index (κ3) is 1.36. The molecule has 0 amide bonds. The van der Waals surface area contributed by atoms with Crippen LogP contribution in [0.15, 0.2) is 16.9 Å². The predicted octanol–water partition coefficient (Wildman–Crippen LogP) is 1.20. The summed E-state index contributed by atoms with van der Waals surface area (Å²) in [5, 5.41) is 0. The second-order valence-corrected chi connectivity index (χ2v) is 1.92. The van der Waals surface area contributed by atoms with Crippen LogP contribution in [0, 0.1) is 0 Å². The Morgan fingerprint density at radius 3 is 2.30 bits per heavy atom. The summed E-state index contributed by atoms with van der Waals surface area (Å²) in [7, 11) is 1.49. The van der Waals surface area contributed by atoms with Gasteiger partial charge in [-0.15, -0.1) is 0 Å². The molecule has 55 valence electrons. The van der Waals surface area contributed by atoms with E-state index in [0.29, 0.717) is 0 Å². The van der Waals surface area contributed by atoms with Crippen LogP contribution in [0.4, 0.5) is 13.2 Å². The lowest BCUT2D eigenvalue weighted by Crippen LogP contribution is -2.12. The van der Waals surface area contributed by atoms with Gasteiger partial charge in [0.1, 0.15) is 7.05 Å². The summed E-state index contributed by atoms with van der Waals surface area (Å²) in [4.78, 5) is 4.38. The van der Waals surface area contributed by atoms with Crippen molar-refractivity contribution < 1.29 is 13.2 Å². The highest BCUT2D eigenvalue weighted by Gasteiger charge is 2.38. The number of hydrogen-bond donors (Lipinski definition) is 0. The first-order valence-corrected chi connectivity index (χ1v) is 2.55. The van der Waals surface area contributed by atoms with Gasteiger partial charge in [0, 0.05) is 0 Å². The molecule has 1 aliphatic rings. The van der Waals surface area contributed by atoms with Crippen LogP contribution in [-0.2, 0) is 0 Å². The van der Waals surface area contributed by atoms with Crippen LogP contribution < -0.4 is 4.90 Å². The highest BCUT2D eigenvalue weighted by atomic mass is 19.4. The van der Waals surface area contributed by atoms with Gasteiger partial charge in [-0.1, -0.05) is 4.90 Å². The Kier molecular flexibility index (Phi) is 1.52. The molecule has 1 rings (SSSR count). The molecule has 0 aliphatic carbocycles. The molecule has 0 saturated heterocycles. The van der Waals surface area contributed by atoms with E-state index in [-0.39, 0.29) is 0 Å². The topological polar surface area (TPSA) is 18.3 Å². The lowest BCUT2D eigenvalue weighted by atomic mass is 10.5. The Morgan fingerprint density at radius 1 is 1.50 bits per heavy atom. The Labute approximate surface area is 55.7 Å². The lowest BCUT2D eigenvalue weighted by molar-refractivity contribution is -0.0922. The smallest absolute Gasteiger partial charge is 0.188 e. The van der Waals surface area contributed by atoms with Crippen LogP contribution in [0.2, 0.25) is 0 Å². The van der Waals surface area contributed by atoms with Crippen molar-refractivity contribution in [3.05, 3.63) is 11.9 Å². The van der Waals surface area contributed by atoms with Crippen molar-refractivity contribution >= 4 is 6.34 Å². The molecular formula is C5H5F3N2+. The largest absolute Gasteiger partial charge is 0.439 e. The normalized spacial score (nSPS) is 19.8. The van der Waals surface area contributed by atoms with Gasteiger partial charge in [0.05, 0.1) is 0 Å². The summed E-state index contributed by atoms with van der Waals surface area (Å²) in [6.45, 7) is 0. The number of hydrogen-bond acceptors (Lipinski definition) is 2. The van der Waals surface area contributed by atoms with Crippen LogP contribution >= 0.6 is 0 Å². The van der Waals surface area contributed by atoms with Crippen molar-refractivity contribution in [3.8, 4) is 0 Å². The maximum absolute atomic E-state index is 11.7. The Hall–Kier alpha value is -0.840. The summed E-state index contributed by atoms with van der Waals surface area (Å²) in [6.07, 6.45) is -2.27. The first-order chi connectivity index (χ1) is 4.50. The first kappa shape index (κ1) is 7.27. The number of aliphatic imine (C=N–C) groups is 1. The number of halogens is 3. The highest BCUT2D eigenvalue weighted by molar-refractivity contribution is 5.64. The van der Waals surface area contributed by atoms with Gasteiger partial charge in [0.2, 0.25) is 12.0 Å². The molecule has 0 spiro atoms. The zero-order valence-corrected chi connectivity index (χ0v) is 5.18. The van der Waals surface area contributed by atoms with E-state index in [1.807, 2.05) is 0 Å². The van der Waals surface area contributed by atoms with E-state index in [2.05, 4.69) is 4.99 Å². The van der Waals surface area contributed by atoms with E-state index < -0.39 is 11.9 Å². The van der Waals surface area contributed by atoms with Crippen LogP contribution in [0.3, 0.4) is 0 Å². The Bertz CT molecular complexity index is 192. The SMILES string of the molecule is C[N+]1C=NC(C(F)(F)F)=C1. The van der Waals surface area contributed by atoms with E-state index in [1.54, 1.807) is 0 Å². The van der Waals surface area contributed by atoms with Gasteiger partial charge in [0.15, 0.2) is 6.20 Å². The van der Waals surface area contributed by atoms with E-state index in [0.717, 1.165) is 12.5 Å². The maximum Gasteiger partial charge on any atom is 0.439 e. The Morgan fingerprint density at radius 2 is 2.10 bits per heavy atom. The summed E-state index contributed by atoms with van der Waals surface area (Å²) in [5.41, 5.74) is -0.852. The van der Waals surface area contributed by atoms with Gasteiger partial charge in [-0.25, -0.2) is 0 Å². The van der Waals surface area contributed by atoms with Crippen molar-refractivity contribution in [2.75, 3.05) is 7.05 Å². The van der Waals surface area contributed by atoms with Crippen LogP contribution in [0.25, 0.3) is 0 Å². The zero-order chi connectivity index (χ0) is 7.78. The standard InChI is InChI=1S/C5H5F3N2/c1-10-2-4(9-3-10)5(6,7)8/h2-3H,1H3/q+1. The molecule has 1 aliphatic heterocycles. The molecule has 0 aromatic carbocycles. The van der Waals surface area contributed by atoms with Gasteiger partial charge in [-0.3, -0.25) is 0 Å². The molecule has 1 heterocycles.